The largest absolute Gasteiger partial charge is 0.378 e. The lowest BCUT2D eigenvalue weighted by Crippen LogP contribution is -2.23. The summed E-state index contributed by atoms with van der Waals surface area (Å²) in [6.07, 6.45) is 5.90. The van der Waals surface area contributed by atoms with Crippen molar-refractivity contribution in [3.8, 4) is 0 Å². The number of halogens is 1. The number of rotatable bonds is 7. The molecule has 2 nitrogen and oxygen atoms in total. The topological polar surface area (TPSA) is 21.3 Å². The summed E-state index contributed by atoms with van der Waals surface area (Å²) in [4.78, 5) is 0. The molecule has 1 fully saturated rings. The molecule has 0 aliphatic carbocycles. The maximum atomic E-state index is 13.3. The first-order valence-electron chi connectivity index (χ1n) is 7.40. The standard InChI is InChI=1S/C16H24FNO/c1-2-10-18-16(9-8-15-7-4-11-19-15)13-5-3-6-14(17)12-13/h3,5-6,12,15-16,18H,2,4,7-11H2,1H3. The second kappa shape index (κ2) is 7.61. The van der Waals surface area contributed by atoms with E-state index in [0.717, 1.165) is 38.0 Å². The molecule has 2 atom stereocenters. The highest BCUT2D eigenvalue weighted by atomic mass is 19.1. The zero-order valence-electron chi connectivity index (χ0n) is 11.7. The Bertz CT molecular complexity index is 377. The normalized spacial score (nSPS) is 20.6. The highest BCUT2D eigenvalue weighted by Gasteiger charge is 2.18. The van der Waals surface area contributed by atoms with Crippen molar-refractivity contribution in [3.63, 3.8) is 0 Å². The molecular weight excluding hydrogens is 241 g/mol. The molecule has 0 bridgehead atoms. The SMILES string of the molecule is CCCNC(CCC1CCCO1)c1cccc(F)c1. The van der Waals surface area contributed by atoms with E-state index in [0.29, 0.717) is 6.10 Å². The van der Waals surface area contributed by atoms with Crippen LogP contribution in [0.25, 0.3) is 0 Å². The molecule has 106 valence electrons. The average Bonchev–Trinajstić information content (AvgIpc) is 2.92. The van der Waals surface area contributed by atoms with Gasteiger partial charge in [-0.3, -0.25) is 0 Å². The van der Waals surface area contributed by atoms with E-state index in [1.165, 1.54) is 18.9 Å². The van der Waals surface area contributed by atoms with Crippen LogP contribution in [0.15, 0.2) is 24.3 Å². The van der Waals surface area contributed by atoms with Gasteiger partial charge in [-0.2, -0.15) is 0 Å². The molecule has 2 unspecified atom stereocenters. The van der Waals surface area contributed by atoms with Crippen molar-refractivity contribution in [2.75, 3.05) is 13.2 Å². The van der Waals surface area contributed by atoms with Crippen LogP contribution in [-0.4, -0.2) is 19.3 Å². The highest BCUT2D eigenvalue weighted by Crippen LogP contribution is 2.24. The summed E-state index contributed by atoms with van der Waals surface area (Å²) in [5, 5.41) is 3.51. The molecule has 1 aromatic rings. The van der Waals surface area contributed by atoms with Gasteiger partial charge in [0.25, 0.3) is 0 Å². The Balaban J connectivity index is 1.94. The number of ether oxygens (including phenoxy) is 1. The van der Waals surface area contributed by atoms with Crippen molar-refractivity contribution in [1.29, 1.82) is 0 Å². The van der Waals surface area contributed by atoms with Gasteiger partial charge in [0.05, 0.1) is 6.10 Å². The lowest BCUT2D eigenvalue weighted by atomic mass is 9.99. The quantitative estimate of drug-likeness (QED) is 0.809. The van der Waals surface area contributed by atoms with E-state index in [1.54, 1.807) is 12.1 Å². The van der Waals surface area contributed by atoms with Crippen LogP contribution in [0.5, 0.6) is 0 Å². The molecule has 1 aliphatic heterocycles. The van der Waals surface area contributed by atoms with E-state index in [1.807, 2.05) is 6.07 Å². The van der Waals surface area contributed by atoms with Gasteiger partial charge in [0.15, 0.2) is 0 Å². The minimum absolute atomic E-state index is 0.155. The summed E-state index contributed by atoms with van der Waals surface area (Å²) < 4.78 is 19.0. The molecular formula is C16H24FNO. The number of benzene rings is 1. The van der Waals surface area contributed by atoms with Crippen LogP contribution >= 0.6 is 0 Å². The number of nitrogens with one attached hydrogen (secondary N) is 1. The van der Waals surface area contributed by atoms with E-state index in [-0.39, 0.29) is 11.9 Å². The summed E-state index contributed by atoms with van der Waals surface area (Å²) >= 11 is 0. The lowest BCUT2D eigenvalue weighted by molar-refractivity contribution is 0.0996. The lowest BCUT2D eigenvalue weighted by Gasteiger charge is -2.20. The smallest absolute Gasteiger partial charge is 0.123 e. The first kappa shape index (κ1) is 14.5. The molecule has 1 aliphatic rings. The third-order valence-corrected chi connectivity index (χ3v) is 3.69. The van der Waals surface area contributed by atoms with Gasteiger partial charge in [-0.05, 0) is 56.3 Å². The highest BCUT2D eigenvalue weighted by molar-refractivity contribution is 5.20. The Kier molecular flexibility index (Phi) is 5.80. The molecule has 0 aromatic heterocycles. The van der Waals surface area contributed by atoms with Gasteiger partial charge in [-0.15, -0.1) is 0 Å². The van der Waals surface area contributed by atoms with E-state index < -0.39 is 0 Å². The third kappa shape index (κ3) is 4.59. The fourth-order valence-corrected chi connectivity index (χ4v) is 2.65. The fraction of sp³-hybridized carbons (Fsp3) is 0.625. The molecule has 3 heteroatoms. The van der Waals surface area contributed by atoms with Crippen LogP contribution in [0.1, 0.15) is 50.6 Å². The first-order chi connectivity index (χ1) is 9.29. The van der Waals surface area contributed by atoms with Crippen LogP contribution < -0.4 is 5.32 Å². The van der Waals surface area contributed by atoms with E-state index in [4.69, 9.17) is 4.74 Å². The molecule has 0 amide bonds. The Morgan fingerprint density at radius 3 is 3.05 bits per heavy atom. The average molecular weight is 265 g/mol. The van der Waals surface area contributed by atoms with Crippen molar-refractivity contribution in [3.05, 3.63) is 35.6 Å². The number of hydrogen-bond acceptors (Lipinski definition) is 2. The van der Waals surface area contributed by atoms with Crippen LogP contribution in [0.4, 0.5) is 4.39 Å². The second-order valence-electron chi connectivity index (χ2n) is 5.27. The van der Waals surface area contributed by atoms with Gasteiger partial charge in [0.1, 0.15) is 5.82 Å². The molecule has 0 saturated carbocycles. The fourth-order valence-electron chi connectivity index (χ4n) is 2.65. The van der Waals surface area contributed by atoms with E-state index in [2.05, 4.69) is 12.2 Å². The predicted octanol–water partition coefficient (Wildman–Crippen LogP) is 3.83. The van der Waals surface area contributed by atoms with Gasteiger partial charge in [0, 0.05) is 12.6 Å². The molecule has 0 radical (unpaired) electrons. The minimum Gasteiger partial charge on any atom is -0.378 e. The van der Waals surface area contributed by atoms with Gasteiger partial charge < -0.3 is 10.1 Å². The molecule has 1 heterocycles. The summed E-state index contributed by atoms with van der Waals surface area (Å²) in [5.41, 5.74) is 1.05. The van der Waals surface area contributed by atoms with E-state index in [9.17, 15) is 4.39 Å². The van der Waals surface area contributed by atoms with Crippen molar-refractivity contribution in [2.45, 2.75) is 51.2 Å². The third-order valence-electron chi connectivity index (χ3n) is 3.69. The maximum absolute atomic E-state index is 13.3. The summed E-state index contributed by atoms with van der Waals surface area (Å²) in [6, 6.07) is 7.17. The summed E-state index contributed by atoms with van der Waals surface area (Å²) in [6.45, 7) is 4.01. The van der Waals surface area contributed by atoms with Crippen LogP contribution in [-0.2, 0) is 4.74 Å². The Morgan fingerprint density at radius 1 is 1.47 bits per heavy atom. The monoisotopic (exact) mass is 265 g/mol. The van der Waals surface area contributed by atoms with Gasteiger partial charge in [0.2, 0.25) is 0 Å². The molecule has 1 N–H and O–H groups in total. The van der Waals surface area contributed by atoms with Crippen LogP contribution in [0.3, 0.4) is 0 Å². The van der Waals surface area contributed by atoms with Crippen molar-refractivity contribution >= 4 is 0 Å². The van der Waals surface area contributed by atoms with Crippen molar-refractivity contribution in [1.82, 2.24) is 5.32 Å². The Labute approximate surface area is 115 Å². The van der Waals surface area contributed by atoms with Gasteiger partial charge in [-0.1, -0.05) is 19.1 Å². The zero-order chi connectivity index (χ0) is 13.5. The minimum atomic E-state index is -0.155. The number of hydrogen-bond donors (Lipinski definition) is 1. The maximum Gasteiger partial charge on any atom is 0.123 e. The predicted molar refractivity (Wildman–Crippen MR) is 75.6 cm³/mol. The zero-order valence-corrected chi connectivity index (χ0v) is 11.7. The second-order valence-corrected chi connectivity index (χ2v) is 5.27. The summed E-state index contributed by atoms with van der Waals surface area (Å²) in [7, 11) is 0. The van der Waals surface area contributed by atoms with Gasteiger partial charge >= 0.3 is 0 Å². The summed E-state index contributed by atoms with van der Waals surface area (Å²) in [5.74, 6) is -0.155. The molecule has 2 rings (SSSR count). The van der Waals surface area contributed by atoms with Crippen molar-refractivity contribution < 1.29 is 9.13 Å². The van der Waals surface area contributed by atoms with Crippen molar-refractivity contribution in [2.24, 2.45) is 0 Å². The van der Waals surface area contributed by atoms with Crippen LogP contribution in [0, 0.1) is 5.82 Å². The molecule has 0 spiro atoms. The molecule has 1 aromatic carbocycles. The van der Waals surface area contributed by atoms with Gasteiger partial charge in [-0.25, -0.2) is 4.39 Å². The Morgan fingerprint density at radius 2 is 2.37 bits per heavy atom. The molecule has 1 saturated heterocycles. The van der Waals surface area contributed by atoms with Crippen LogP contribution in [0.2, 0.25) is 0 Å². The first-order valence-corrected chi connectivity index (χ1v) is 7.40. The van der Waals surface area contributed by atoms with E-state index >= 15 is 0 Å². The Hall–Kier alpha value is -0.930. The molecule has 19 heavy (non-hydrogen) atoms.